The van der Waals surface area contributed by atoms with Gasteiger partial charge < -0.3 is 9.15 Å². The zero-order chi connectivity index (χ0) is 13.9. The van der Waals surface area contributed by atoms with Crippen molar-refractivity contribution in [3.05, 3.63) is 17.5 Å². The molecule has 0 aliphatic carbocycles. The molecule has 0 bridgehead atoms. The molecule has 0 fully saturated rings. The number of hydrogen-bond acceptors (Lipinski definition) is 7. The van der Waals surface area contributed by atoms with E-state index in [9.17, 15) is 4.79 Å². The number of nitrogens with zero attached hydrogens (tertiary/aromatic N) is 2. The minimum atomic E-state index is -0.478. The molecular formula is C12H14N2O3S2. The molecular weight excluding hydrogens is 284 g/mol. The lowest BCUT2D eigenvalue weighted by Crippen LogP contribution is -2.24. The highest BCUT2D eigenvalue weighted by atomic mass is 32.2. The van der Waals surface area contributed by atoms with Crippen LogP contribution < -0.4 is 0 Å². The summed E-state index contributed by atoms with van der Waals surface area (Å²) >= 11 is 2.70. The molecule has 0 saturated carbocycles. The van der Waals surface area contributed by atoms with Gasteiger partial charge in [-0.25, -0.2) is 0 Å². The lowest BCUT2D eigenvalue weighted by Gasteiger charge is -2.18. The van der Waals surface area contributed by atoms with Crippen molar-refractivity contribution in [2.75, 3.05) is 5.75 Å². The summed E-state index contributed by atoms with van der Waals surface area (Å²) in [6, 6.07) is 3.82. The molecule has 0 amide bonds. The molecule has 2 rings (SSSR count). The molecule has 19 heavy (non-hydrogen) atoms. The van der Waals surface area contributed by atoms with Crippen molar-refractivity contribution in [2.45, 2.75) is 31.6 Å². The van der Waals surface area contributed by atoms with Gasteiger partial charge in [-0.3, -0.25) is 4.79 Å². The maximum atomic E-state index is 11.5. The van der Waals surface area contributed by atoms with Crippen LogP contribution >= 0.6 is 23.1 Å². The van der Waals surface area contributed by atoms with Crippen LogP contribution in [0.25, 0.3) is 10.8 Å². The molecule has 0 unspecified atom stereocenters. The fourth-order valence-corrected chi connectivity index (χ4v) is 2.44. The van der Waals surface area contributed by atoms with Crippen molar-refractivity contribution in [3.8, 4) is 10.8 Å². The largest absolute Gasteiger partial charge is 0.459 e. The Hall–Kier alpha value is -1.34. The van der Waals surface area contributed by atoms with Gasteiger partial charge in [-0.1, -0.05) is 17.8 Å². The Morgan fingerprint density at radius 2 is 2.26 bits per heavy atom. The van der Waals surface area contributed by atoms with E-state index in [2.05, 4.69) is 10.2 Å². The lowest BCUT2D eigenvalue weighted by molar-refractivity contribution is -0.151. The normalized spacial score (nSPS) is 11.5. The third-order valence-electron chi connectivity index (χ3n) is 1.87. The number of ether oxygens (including phenoxy) is 1. The molecule has 0 aliphatic rings. The average Bonchev–Trinajstić information content (AvgIpc) is 2.95. The Bertz CT molecular complexity index is 544. The van der Waals surface area contributed by atoms with Gasteiger partial charge in [-0.15, -0.1) is 21.5 Å². The molecule has 0 spiro atoms. The van der Waals surface area contributed by atoms with Crippen LogP contribution in [0.4, 0.5) is 0 Å². The number of carbonyl (C=O) groups is 1. The van der Waals surface area contributed by atoms with E-state index < -0.39 is 5.60 Å². The lowest BCUT2D eigenvalue weighted by atomic mass is 10.2. The first kappa shape index (κ1) is 14.1. The molecule has 2 aromatic rings. The number of rotatable bonds is 4. The smallest absolute Gasteiger partial charge is 0.316 e. The summed E-state index contributed by atoms with van der Waals surface area (Å²) in [5, 5.41) is 10.1. The zero-order valence-electron chi connectivity index (χ0n) is 10.9. The highest BCUT2D eigenvalue weighted by Gasteiger charge is 2.18. The second kappa shape index (κ2) is 5.75. The highest BCUT2D eigenvalue weighted by molar-refractivity contribution is 7.99. The van der Waals surface area contributed by atoms with Crippen LogP contribution in [0.15, 0.2) is 27.2 Å². The van der Waals surface area contributed by atoms with Crippen molar-refractivity contribution in [3.63, 3.8) is 0 Å². The first-order valence-corrected chi connectivity index (χ1v) is 7.52. The molecule has 0 N–H and O–H groups in total. The average molecular weight is 298 g/mol. The number of esters is 1. The SMILES string of the molecule is CC(C)(C)OC(=O)CSc1nnc(-c2cccs2)o1. The van der Waals surface area contributed by atoms with E-state index in [1.165, 1.54) is 23.1 Å². The van der Waals surface area contributed by atoms with Crippen molar-refractivity contribution in [1.29, 1.82) is 0 Å². The zero-order valence-corrected chi connectivity index (χ0v) is 12.5. The summed E-state index contributed by atoms with van der Waals surface area (Å²) in [6.07, 6.45) is 0. The van der Waals surface area contributed by atoms with Crippen LogP contribution in [0.5, 0.6) is 0 Å². The predicted molar refractivity (Wildman–Crippen MR) is 74.2 cm³/mol. The number of thiophene rings is 1. The van der Waals surface area contributed by atoms with Crippen LogP contribution in [-0.2, 0) is 9.53 Å². The van der Waals surface area contributed by atoms with Crippen molar-refractivity contribution >= 4 is 29.1 Å². The monoisotopic (exact) mass is 298 g/mol. The summed E-state index contributed by atoms with van der Waals surface area (Å²) in [7, 11) is 0. The van der Waals surface area contributed by atoms with Gasteiger partial charge in [-0.05, 0) is 32.2 Å². The Kier molecular flexibility index (Phi) is 4.26. The number of carbonyl (C=O) groups excluding carboxylic acids is 1. The Morgan fingerprint density at radius 3 is 2.89 bits per heavy atom. The molecule has 0 aromatic carbocycles. The molecule has 0 atom stereocenters. The topological polar surface area (TPSA) is 65.2 Å². The van der Waals surface area contributed by atoms with E-state index in [-0.39, 0.29) is 11.7 Å². The van der Waals surface area contributed by atoms with Crippen LogP contribution in [0.3, 0.4) is 0 Å². The molecule has 7 heteroatoms. The Balaban J connectivity index is 1.89. The molecule has 5 nitrogen and oxygen atoms in total. The summed E-state index contributed by atoms with van der Waals surface area (Å²) in [6.45, 7) is 5.49. The maximum absolute atomic E-state index is 11.5. The third-order valence-corrected chi connectivity index (χ3v) is 3.52. The van der Waals surface area contributed by atoms with E-state index in [0.717, 1.165) is 4.88 Å². The summed E-state index contributed by atoms with van der Waals surface area (Å²) in [5.74, 6) is 0.332. The van der Waals surface area contributed by atoms with Gasteiger partial charge in [0.05, 0.1) is 4.88 Å². The second-order valence-electron chi connectivity index (χ2n) is 4.73. The maximum Gasteiger partial charge on any atom is 0.316 e. The Labute approximate surface area is 119 Å². The number of thioether (sulfide) groups is 1. The number of hydrogen-bond donors (Lipinski definition) is 0. The van der Waals surface area contributed by atoms with Gasteiger partial charge in [0.25, 0.3) is 11.1 Å². The van der Waals surface area contributed by atoms with Crippen LogP contribution in [-0.4, -0.2) is 27.5 Å². The molecule has 102 valence electrons. The third kappa shape index (κ3) is 4.36. The molecule has 2 aromatic heterocycles. The first-order chi connectivity index (χ1) is 8.94. The fourth-order valence-electron chi connectivity index (χ4n) is 1.26. The van der Waals surface area contributed by atoms with E-state index >= 15 is 0 Å². The van der Waals surface area contributed by atoms with Gasteiger partial charge in [0, 0.05) is 0 Å². The molecule has 0 radical (unpaired) electrons. The van der Waals surface area contributed by atoms with E-state index in [0.29, 0.717) is 11.1 Å². The van der Waals surface area contributed by atoms with E-state index in [1.807, 2.05) is 38.3 Å². The molecule has 0 saturated heterocycles. The van der Waals surface area contributed by atoms with Gasteiger partial charge in [0.1, 0.15) is 11.4 Å². The minimum Gasteiger partial charge on any atom is -0.459 e. The van der Waals surface area contributed by atoms with Crippen molar-refractivity contribution in [2.24, 2.45) is 0 Å². The summed E-state index contributed by atoms with van der Waals surface area (Å²) in [4.78, 5) is 12.5. The van der Waals surface area contributed by atoms with Crippen LogP contribution in [0.1, 0.15) is 20.8 Å². The summed E-state index contributed by atoms with van der Waals surface area (Å²) < 4.78 is 10.6. The number of aromatic nitrogens is 2. The van der Waals surface area contributed by atoms with Gasteiger partial charge in [-0.2, -0.15) is 0 Å². The molecule has 2 heterocycles. The minimum absolute atomic E-state index is 0.156. The van der Waals surface area contributed by atoms with Crippen molar-refractivity contribution in [1.82, 2.24) is 10.2 Å². The Morgan fingerprint density at radius 1 is 1.47 bits per heavy atom. The van der Waals surface area contributed by atoms with E-state index in [4.69, 9.17) is 9.15 Å². The standard InChI is InChI=1S/C12H14N2O3S2/c1-12(2,3)17-9(15)7-19-11-14-13-10(16-11)8-5-4-6-18-8/h4-6H,7H2,1-3H3. The molecule has 0 aliphatic heterocycles. The second-order valence-corrected chi connectivity index (χ2v) is 6.60. The predicted octanol–water partition coefficient (Wildman–Crippen LogP) is 3.23. The fraction of sp³-hybridized carbons (Fsp3) is 0.417. The quantitative estimate of drug-likeness (QED) is 0.638. The summed E-state index contributed by atoms with van der Waals surface area (Å²) in [5.41, 5.74) is -0.478. The van der Waals surface area contributed by atoms with Crippen molar-refractivity contribution < 1.29 is 13.9 Å². The highest BCUT2D eigenvalue weighted by Crippen LogP contribution is 2.26. The van der Waals surface area contributed by atoms with Gasteiger partial charge in [0.15, 0.2) is 0 Å². The van der Waals surface area contributed by atoms with E-state index in [1.54, 1.807) is 0 Å². The first-order valence-electron chi connectivity index (χ1n) is 5.66. The van der Waals surface area contributed by atoms with Crippen LogP contribution in [0.2, 0.25) is 0 Å². The van der Waals surface area contributed by atoms with Crippen LogP contribution in [0, 0.1) is 0 Å². The van der Waals surface area contributed by atoms with Gasteiger partial charge in [0.2, 0.25) is 0 Å². The van der Waals surface area contributed by atoms with Gasteiger partial charge >= 0.3 is 5.97 Å².